The van der Waals surface area contributed by atoms with Crippen molar-refractivity contribution in [3.05, 3.63) is 41.2 Å². The van der Waals surface area contributed by atoms with Crippen molar-refractivity contribution in [1.29, 1.82) is 0 Å². The third kappa shape index (κ3) is 4.10. The van der Waals surface area contributed by atoms with E-state index in [2.05, 4.69) is 34.0 Å². The maximum atomic E-state index is 11.6. The molecular formula is C16H19ClN4O2. The standard InChI is InChI=1S/C16H19ClN4O2/c1-4-21(5-2)15-9-14(18-10-19-15)20-13-8-11(16(22)23-3)6-7-12(13)17/h6-10H,4-5H2,1-3H3,(H,18,19,20). The fraction of sp³-hybridized carbons (Fsp3) is 0.312. The third-order valence-corrected chi connectivity index (χ3v) is 3.72. The molecule has 0 saturated heterocycles. The number of carbonyl (C=O) groups excluding carboxylic acids is 1. The summed E-state index contributed by atoms with van der Waals surface area (Å²) in [4.78, 5) is 22.2. The van der Waals surface area contributed by atoms with Gasteiger partial charge in [0.15, 0.2) is 0 Å². The first-order chi connectivity index (χ1) is 11.1. The zero-order valence-corrected chi connectivity index (χ0v) is 14.1. The predicted octanol–water partition coefficient (Wildman–Crippen LogP) is 3.51. The van der Waals surface area contributed by atoms with Gasteiger partial charge < -0.3 is 15.0 Å². The van der Waals surface area contributed by atoms with Gasteiger partial charge in [-0.15, -0.1) is 0 Å². The van der Waals surface area contributed by atoms with E-state index in [9.17, 15) is 4.79 Å². The quantitative estimate of drug-likeness (QED) is 0.815. The summed E-state index contributed by atoms with van der Waals surface area (Å²) in [7, 11) is 1.34. The predicted molar refractivity (Wildman–Crippen MR) is 91.7 cm³/mol. The number of benzene rings is 1. The summed E-state index contributed by atoms with van der Waals surface area (Å²) in [6.45, 7) is 5.84. The van der Waals surface area contributed by atoms with E-state index < -0.39 is 5.97 Å². The molecule has 1 aromatic carbocycles. The number of ether oxygens (including phenoxy) is 1. The van der Waals surface area contributed by atoms with Crippen molar-refractivity contribution < 1.29 is 9.53 Å². The Labute approximate surface area is 140 Å². The van der Waals surface area contributed by atoms with Crippen molar-refractivity contribution in [2.45, 2.75) is 13.8 Å². The number of rotatable bonds is 6. The molecule has 6 nitrogen and oxygen atoms in total. The van der Waals surface area contributed by atoms with Crippen LogP contribution in [-0.4, -0.2) is 36.1 Å². The Morgan fingerprint density at radius 3 is 2.65 bits per heavy atom. The van der Waals surface area contributed by atoms with Crippen LogP contribution in [0.25, 0.3) is 0 Å². The van der Waals surface area contributed by atoms with Crippen molar-refractivity contribution in [1.82, 2.24) is 9.97 Å². The van der Waals surface area contributed by atoms with E-state index >= 15 is 0 Å². The van der Waals surface area contributed by atoms with Crippen LogP contribution in [0, 0.1) is 0 Å². The van der Waals surface area contributed by atoms with Gasteiger partial charge in [-0.25, -0.2) is 14.8 Å². The van der Waals surface area contributed by atoms with Gasteiger partial charge in [0, 0.05) is 19.2 Å². The molecule has 0 bridgehead atoms. The molecule has 0 amide bonds. The van der Waals surface area contributed by atoms with Crippen LogP contribution in [0.15, 0.2) is 30.6 Å². The van der Waals surface area contributed by atoms with Gasteiger partial charge in [-0.2, -0.15) is 0 Å². The van der Waals surface area contributed by atoms with E-state index in [0.29, 0.717) is 22.1 Å². The van der Waals surface area contributed by atoms with Crippen LogP contribution in [0.4, 0.5) is 17.3 Å². The van der Waals surface area contributed by atoms with Gasteiger partial charge in [-0.05, 0) is 32.0 Å². The molecule has 1 heterocycles. The van der Waals surface area contributed by atoms with Crippen molar-refractivity contribution in [2.24, 2.45) is 0 Å². The lowest BCUT2D eigenvalue weighted by molar-refractivity contribution is 0.0601. The van der Waals surface area contributed by atoms with Crippen molar-refractivity contribution in [3.8, 4) is 0 Å². The smallest absolute Gasteiger partial charge is 0.337 e. The van der Waals surface area contributed by atoms with E-state index in [0.717, 1.165) is 18.9 Å². The van der Waals surface area contributed by atoms with Gasteiger partial charge in [0.1, 0.15) is 18.0 Å². The van der Waals surface area contributed by atoms with Gasteiger partial charge in [0.05, 0.1) is 23.4 Å². The Kier molecular flexibility index (Phi) is 5.76. The number of hydrogen-bond donors (Lipinski definition) is 1. The number of nitrogens with one attached hydrogen (secondary N) is 1. The lowest BCUT2D eigenvalue weighted by Crippen LogP contribution is -2.23. The number of methoxy groups -OCH3 is 1. The van der Waals surface area contributed by atoms with Crippen LogP contribution in [0.5, 0.6) is 0 Å². The summed E-state index contributed by atoms with van der Waals surface area (Å²) < 4.78 is 4.72. The molecule has 0 saturated carbocycles. The van der Waals surface area contributed by atoms with Crippen molar-refractivity contribution >= 4 is 34.9 Å². The van der Waals surface area contributed by atoms with Gasteiger partial charge in [-0.1, -0.05) is 11.6 Å². The third-order valence-electron chi connectivity index (χ3n) is 3.39. The largest absolute Gasteiger partial charge is 0.465 e. The van der Waals surface area contributed by atoms with Gasteiger partial charge in [0.25, 0.3) is 0 Å². The summed E-state index contributed by atoms with van der Waals surface area (Å²) in [5, 5.41) is 3.60. The molecule has 0 unspecified atom stereocenters. The van der Waals surface area contributed by atoms with Crippen LogP contribution in [0.2, 0.25) is 5.02 Å². The van der Waals surface area contributed by atoms with Gasteiger partial charge in [0.2, 0.25) is 0 Å². The molecule has 2 rings (SSSR count). The van der Waals surface area contributed by atoms with Crippen LogP contribution in [0.1, 0.15) is 24.2 Å². The number of aromatic nitrogens is 2. The first-order valence-electron chi connectivity index (χ1n) is 7.30. The summed E-state index contributed by atoms with van der Waals surface area (Å²) in [6.07, 6.45) is 1.49. The molecule has 0 atom stereocenters. The molecule has 0 aliphatic carbocycles. The normalized spacial score (nSPS) is 10.3. The molecule has 2 aromatic rings. The molecular weight excluding hydrogens is 316 g/mol. The summed E-state index contributed by atoms with van der Waals surface area (Å²) in [5.41, 5.74) is 0.996. The highest BCUT2D eigenvalue weighted by Crippen LogP contribution is 2.27. The minimum atomic E-state index is -0.420. The fourth-order valence-corrected chi connectivity index (χ4v) is 2.30. The average Bonchev–Trinajstić information content (AvgIpc) is 2.57. The molecule has 0 radical (unpaired) electrons. The zero-order chi connectivity index (χ0) is 16.8. The fourth-order valence-electron chi connectivity index (χ4n) is 2.14. The van der Waals surface area contributed by atoms with Crippen LogP contribution < -0.4 is 10.2 Å². The van der Waals surface area contributed by atoms with E-state index in [1.165, 1.54) is 13.4 Å². The molecule has 0 spiro atoms. The Morgan fingerprint density at radius 1 is 1.26 bits per heavy atom. The number of halogens is 1. The van der Waals surface area contributed by atoms with Crippen LogP contribution in [-0.2, 0) is 4.74 Å². The van der Waals surface area contributed by atoms with Crippen LogP contribution in [0.3, 0.4) is 0 Å². The van der Waals surface area contributed by atoms with E-state index in [1.807, 2.05) is 6.07 Å². The van der Waals surface area contributed by atoms with Gasteiger partial charge in [-0.3, -0.25) is 0 Å². The van der Waals surface area contributed by atoms with Gasteiger partial charge >= 0.3 is 5.97 Å². The number of hydrogen-bond acceptors (Lipinski definition) is 6. The lowest BCUT2D eigenvalue weighted by Gasteiger charge is -2.20. The summed E-state index contributed by atoms with van der Waals surface area (Å²) >= 11 is 6.18. The van der Waals surface area contributed by atoms with Crippen molar-refractivity contribution in [3.63, 3.8) is 0 Å². The lowest BCUT2D eigenvalue weighted by atomic mass is 10.2. The first kappa shape index (κ1) is 17.0. The number of nitrogens with zero attached hydrogens (tertiary/aromatic N) is 3. The minimum absolute atomic E-state index is 0.414. The SMILES string of the molecule is CCN(CC)c1cc(Nc2cc(C(=O)OC)ccc2Cl)ncn1. The highest BCUT2D eigenvalue weighted by molar-refractivity contribution is 6.33. The van der Waals surface area contributed by atoms with E-state index in [4.69, 9.17) is 16.3 Å². The maximum Gasteiger partial charge on any atom is 0.337 e. The average molecular weight is 335 g/mol. The highest BCUT2D eigenvalue weighted by Gasteiger charge is 2.11. The Morgan fingerprint density at radius 2 is 2.00 bits per heavy atom. The molecule has 122 valence electrons. The minimum Gasteiger partial charge on any atom is -0.465 e. The second-order valence-corrected chi connectivity index (χ2v) is 5.15. The summed E-state index contributed by atoms with van der Waals surface area (Å²) in [6, 6.07) is 6.73. The Hall–Kier alpha value is -2.34. The van der Waals surface area contributed by atoms with E-state index in [1.54, 1.807) is 18.2 Å². The second kappa shape index (κ2) is 7.78. The molecule has 0 aliphatic rings. The number of carbonyl (C=O) groups is 1. The Bertz CT molecular complexity index is 690. The summed E-state index contributed by atoms with van der Waals surface area (Å²) in [5.74, 6) is 1.01. The van der Waals surface area contributed by atoms with Crippen molar-refractivity contribution in [2.75, 3.05) is 30.4 Å². The molecule has 1 aromatic heterocycles. The molecule has 7 heteroatoms. The molecule has 0 fully saturated rings. The van der Waals surface area contributed by atoms with E-state index in [-0.39, 0.29) is 0 Å². The maximum absolute atomic E-state index is 11.6. The molecule has 0 aliphatic heterocycles. The number of anilines is 3. The molecule has 23 heavy (non-hydrogen) atoms. The van der Waals surface area contributed by atoms with Crippen LogP contribution >= 0.6 is 11.6 Å². The number of esters is 1. The first-order valence-corrected chi connectivity index (χ1v) is 7.68. The zero-order valence-electron chi connectivity index (χ0n) is 13.3. The monoisotopic (exact) mass is 334 g/mol. The topological polar surface area (TPSA) is 67.4 Å². The highest BCUT2D eigenvalue weighted by atomic mass is 35.5. The molecule has 1 N–H and O–H groups in total. The Balaban J connectivity index is 2.28. The second-order valence-electron chi connectivity index (χ2n) is 4.74.